The van der Waals surface area contributed by atoms with Crippen LogP contribution < -0.4 is 14.8 Å². The Morgan fingerprint density at radius 2 is 2.20 bits per heavy atom. The van der Waals surface area contributed by atoms with Gasteiger partial charge in [0.1, 0.15) is 18.1 Å². The quantitative estimate of drug-likeness (QED) is 0.808. The van der Waals surface area contributed by atoms with E-state index in [9.17, 15) is 0 Å². The Balaban J connectivity index is 2.50. The third-order valence-corrected chi connectivity index (χ3v) is 2.61. The highest BCUT2D eigenvalue weighted by molar-refractivity contribution is 5.65. The number of fused-ring (bicyclic) bond motifs is 1. The van der Waals surface area contributed by atoms with Crippen LogP contribution in [0.5, 0.6) is 11.5 Å². The molecule has 3 heteroatoms. The van der Waals surface area contributed by atoms with Crippen molar-refractivity contribution in [2.45, 2.75) is 19.8 Å². The van der Waals surface area contributed by atoms with Crippen LogP contribution in [0.4, 0.5) is 5.69 Å². The Bertz CT molecular complexity index is 361. The molecule has 0 fully saturated rings. The minimum atomic E-state index is 0.439. The third kappa shape index (κ3) is 1.87. The fourth-order valence-corrected chi connectivity index (χ4v) is 1.80. The largest absolute Gasteiger partial charge is 0.497 e. The van der Waals surface area contributed by atoms with Gasteiger partial charge in [0.05, 0.1) is 12.8 Å². The molecule has 1 aliphatic rings. The van der Waals surface area contributed by atoms with Crippen molar-refractivity contribution in [1.82, 2.24) is 0 Å². The van der Waals surface area contributed by atoms with E-state index in [0.29, 0.717) is 5.92 Å². The van der Waals surface area contributed by atoms with Crippen LogP contribution >= 0.6 is 0 Å². The second-order valence-corrected chi connectivity index (χ2v) is 4.02. The molecule has 3 nitrogen and oxygen atoms in total. The number of methoxy groups -OCH3 is 1. The Morgan fingerprint density at radius 3 is 2.87 bits per heavy atom. The minimum Gasteiger partial charge on any atom is -0.497 e. The van der Waals surface area contributed by atoms with Crippen molar-refractivity contribution in [3.8, 4) is 11.5 Å². The first kappa shape index (κ1) is 10.1. The van der Waals surface area contributed by atoms with Gasteiger partial charge in [-0.25, -0.2) is 0 Å². The summed E-state index contributed by atoms with van der Waals surface area (Å²) >= 11 is 0. The Labute approximate surface area is 90.4 Å². The first-order valence-electron chi connectivity index (χ1n) is 5.31. The van der Waals surface area contributed by atoms with Crippen molar-refractivity contribution >= 4 is 5.69 Å². The molecule has 1 aromatic carbocycles. The predicted octanol–water partition coefficient (Wildman–Crippen LogP) is 2.62. The number of ether oxygens (including phenoxy) is 2. The highest BCUT2D eigenvalue weighted by Crippen LogP contribution is 2.39. The number of hydrogen-bond donors (Lipinski definition) is 1. The van der Waals surface area contributed by atoms with Gasteiger partial charge in [0.15, 0.2) is 0 Å². The standard InChI is InChI=1S/C12H17NO2/c1-8(2)10-6-9(14-3)7-11-12(10)15-5-4-13-11/h6-8,13H,4-5H2,1-3H3. The van der Waals surface area contributed by atoms with Crippen molar-refractivity contribution in [3.63, 3.8) is 0 Å². The van der Waals surface area contributed by atoms with Gasteiger partial charge in [-0.1, -0.05) is 13.8 Å². The summed E-state index contributed by atoms with van der Waals surface area (Å²) in [6.45, 7) is 5.91. The number of nitrogens with one attached hydrogen (secondary N) is 1. The summed E-state index contributed by atoms with van der Waals surface area (Å²) in [6, 6.07) is 4.04. The highest BCUT2D eigenvalue weighted by Gasteiger charge is 2.17. The fourth-order valence-electron chi connectivity index (χ4n) is 1.80. The SMILES string of the molecule is COc1cc2c(c(C(C)C)c1)OCCN2. The molecular formula is C12H17NO2. The molecule has 0 amide bonds. The zero-order valence-electron chi connectivity index (χ0n) is 9.46. The smallest absolute Gasteiger partial charge is 0.146 e. The van der Waals surface area contributed by atoms with Crippen molar-refractivity contribution in [3.05, 3.63) is 17.7 Å². The van der Waals surface area contributed by atoms with Gasteiger partial charge in [-0.05, 0) is 12.0 Å². The summed E-state index contributed by atoms with van der Waals surface area (Å²) < 4.78 is 11.0. The first-order chi connectivity index (χ1) is 7.22. The molecule has 1 N–H and O–H groups in total. The van der Waals surface area contributed by atoms with E-state index < -0.39 is 0 Å². The Morgan fingerprint density at radius 1 is 1.40 bits per heavy atom. The minimum absolute atomic E-state index is 0.439. The number of rotatable bonds is 2. The van der Waals surface area contributed by atoms with E-state index >= 15 is 0 Å². The van der Waals surface area contributed by atoms with Gasteiger partial charge in [0, 0.05) is 18.2 Å². The van der Waals surface area contributed by atoms with Gasteiger partial charge in [-0.2, -0.15) is 0 Å². The normalized spacial score (nSPS) is 14.1. The molecule has 1 aliphatic heterocycles. The van der Waals surface area contributed by atoms with Crippen molar-refractivity contribution in [2.24, 2.45) is 0 Å². The van der Waals surface area contributed by atoms with Gasteiger partial charge in [0.2, 0.25) is 0 Å². The maximum Gasteiger partial charge on any atom is 0.146 e. The van der Waals surface area contributed by atoms with Crippen LogP contribution in [0.15, 0.2) is 12.1 Å². The zero-order chi connectivity index (χ0) is 10.8. The van der Waals surface area contributed by atoms with E-state index in [-0.39, 0.29) is 0 Å². The summed E-state index contributed by atoms with van der Waals surface area (Å²) in [5.74, 6) is 2.31. The molecule has 15 heavy (non-hydrogen) atoms. The highest BCUT2D eigenvalue weighted by atomic mass is 16.5. The second-order valence-electron chi connectivity index (χ2n) is 4.02. The van der Waals surface area contributed by atoms with Crippen LogP contribution in [-0.4, -0.2) is 20.3 Å². The fraction of sp³-hybridized carbons (Fsp3) is 0.500. The van der Waals surface area contributed by atoms with E-state index in [4.69, 9.17) is 9.47 Å². The van der Waals surface area contributed by atoms with Crippen LogP contribution in [0.3, 0.4) is 0 Å². The summed E-state index contributed by atoms with van der Waals surface area (Å²) in [5.41, 5.74) is 2.25. The summed E-state index contributed by atoms with van der Waals surface area (Å²) in [4.78, 5) is 0. The lowest BCUT2D eigenvalue weighted by atomic mass is 10.00. The molecule has 0 aliphatic carbocycles. The Kier molecular flexibility index (Phi) is 2.71. The second kappa shape index (κ2) is 4.01. The number of hydrogen-bond acceptors (Lipinski definition) is 3. The molecule has 0 saturated heterocycles. The van der Waals surface area contributed by atoms with E-state index in [1.165, 1.54) is 5.56 Å². The average Bonchev–Trinajstić information content (AvgIpc) is 2.27. The number of anilines is 1. The molecule has 0 radical (unpaired) electrons. The van der Waals surface area contributed by atoms with Gasteiger partial charge in [-0.3, -0.25) is 0 Å². The van der Waals surface area contributed by atoms with Crippen LogP contribution in [0, 0.1) is 0 Å². The molecule has 82 valence electrons. The lowest BCUT2D eigenvalue weighted by Gasteiger charge is -2.24. The van der Waals surface area contributed by atoms with Crippen molar-refractivity contribution in [1.29, 1.82) is 0 Å². The Hall–Kier alpha value is -1.38. The summed E-state index contributed by atoms with van der Waals surface area (Å²) in [6.07, 6.45) is 0. The van der Waals surface area contributed by atoms with Crippen LogP contribution in [0.1, 0.15) is 25.3 Å². The van der Waals surface area contributed by atoms with Crippen LogP contribution in [-0.2, 0) is 0 Å². The van der Waals surface area contributed by atoms with Crippen molar-refractivity contribution in [2.75, 3.05) is 25.6 Å². The zero-order valence-corrected chi connectivity index (χ0v) is 9.46. The third-order valence-electron chi connectivity index (χ3n) is 2.61. The molecule has 0 bridgehead atoms. The van der Waals surface area contributed by atoms with Gasteiger partial charge in [-0.15, -0.1) is 0 Å². The number of benzene rings is 1. The van der Waals surface area contributed by atoms with E-state index in [1.807, 2.05) is 6.07 Å². The lowest BCUT2D eigenvalue weighted by molar-refractivity contribution is 0.317. The van der Waals surface area contributed by atoms with E-state index in [0.717, 1.165) is 30.3 Å². The first-order valence-corrected chi connectivity index (χ1v) is 5.31. The van der Waals surface area contributed by atoms with Gasteiger partial charge >= 0.3 is 0 Å². The topological polar surface area (TPSA) is 30.5 Å². The summed E-state index contributed by atoms with van der Waals surface area (Å²) in [7, 11) is 1.69. The lowest BCUT2D eigenvalue weighted by Crippen LogP contribution is -2.19. The summed E-state index contributed by atoms with van der Waals surface area (Å²) in [5, 5.41) is 3.33. The van der Waals surface area contributed by atoms with Gasteiger partial charge < -0.3 is 14.8 Å². The molecule has 1 heterocycles. The van der Waals surface area contributed by atoms with E-state index in [2.05, 4.69) is 25.2 Å². The predicted molar refractivity (Wildman–Crippen MR) is 61.1 cm³/mol. The molecule has 0 spiro atoms. The molecule has 0 unspecified atom stereocenters. The molecule has 0 atom stereocenters. The molecule has 1 aromatic rings. The van der Waals surface area contributed by atoms with Gasteiger partial charge in [0.25, 0.3) is 0 Å². The molecule has 0 saturated carbocycles. The molecule has 2 rings (SSSR count). The van der Waals surface area contributed by atoms with Crippen LogP contribution in [0.25, 0.3) is 0 Å². The van der Waals surface area contributed by atoms with E-state index in [1.54, 1.807) is 7.11 Å². The van der Waals surface area contributed by atoms with Crippen LogP contribution in [0.2, 0.25) is 0 Å². The maximum atomic E-state index is 5.70. The monoisotopic (exact) mass is 207 g/mol. The molecular weight excluding hydrogens is 190 g/mol. The molecule has 0 aromatic heterocycles. The maximum absolute atomic E-state index is 5.70. The van der Waals surface area contributed by atoms with Crippen molar-refractivity contribution < 1.29 is 9.47 Å². The average molecular weight is 207 g/mol.